The van der Waals surface area contributed by atoms with Gasteiger partial charge in [0.05, 0.1) is 0 Å². The molecule has 0 spiro atoms. The summed E-state index contributed by atoms with van der Waals surface area (Å²) in [5.74, 6) is -0.237. The van der Waals surface area contributed by atoms with Crippen LogP contribution in [0.15, 0.2) is 23.1 Å². The number of pyridine rings is 1. The summed E-state index contributed by atoms with van der Waals surface area (Å²) in [4.78, 5) is 23.2. The number of amides is 1. The van der Waals surface area contributed by atoms with E-state index in [4.69, 9.17) is 5.73 Å². The standard InChI is InChI=1S/C12H17N3O2.ClH/c1-15-6-3-9(7-10(15)16)11(17)14-8-12(13)4-2-5-12;/h3,6-7H,2,4-5,8,13H2,1H3,(H,14,17);1H. The summed E-state index contributed by atoms with van der Waals surface area (Å²) >= 11 is 0. The topological polar surface area (TPSA) is 77.1 Å². The fraction of sp³-hybridized carbons (Fsp3) is 0.500. The summed E-state index contributed by atoms with van der Waals surface area (Å²) in [6.07, 6.45) is 4.60. The molecule has 2 rings (SSSR count). The second-order valence-corrected chi connectivity index (χ2v) is 4.76. The average molecular weight is 272 g/mol. The second-order valence-electron chi connectivity index (χ2n) is 4.76. The van der Waals surface area contributed by atoms with Gasteiger partial charge in [-0.05, 0) is 25.3 Å². The summed E-state index contributed by atoms with van der Waals surface area (Å²) < 4.78 is 1.42. The van der Waals surface area contributed by atoms with Gasteiger partial charge in [0, 0.05) is 37.0 Å². The molecule has 1 aromatic heterocycles. The van der Waals surface area contributed by atoms with Crippen LogP contribution < -0.4 is 16.6 Å². The van der Waals surface area contributed by atoms with E-state index in [1.165, 1.54) is 10.6 Å². The molecule has 6 heteroatoms. The highest BCUT2D eigenvalue weighted by Gasteiger charge is 2.32. The number of nitrogens with zero attached hydrogens (tertiary/aromatic N) is 1. The molecule has 1 aromatic rings. The van der Waals surface area contributed by atoms with Gasteiger partial charge in [0.25, 0.3) is 11.5 Å². The molecule has 5 nitrogen and oxygen atoms in total. The van der Waals surface area contributed by atoms with Crippen molar-refractivity contribution in [3.05, 3.63) is 34.2 Å². The Balaban J connectivity index is 0.00000162. The van der Waals surface area contributed by atoms with Crippen LogP contribution in [0.1, 0.15) is 29.6 Å². The maximum atomic E-state index is 11.8. The van der Waals surface area contributed by atoms with Crippen molar-refractivity contribution >= 4 is 18.3 Å². The van der Waals surface area contributed by atoms with E-state index >= 15 is 0 Å². The highest BCUT2D eigenvalue weighted by molar-refractivity contribution is 5.94. The fourth-order valence-corrected chi connectivity index (χ4v) is 1.86. The van der Waals surface area contributed by atoms with E-state index in [0.717, 1.165) is 19.3 Å². The highest BCUT2D eigenvalue weighted by Crippen LogP contribution is 2.28. The van der Waals surface area contributed by atoms with E-state index < -0.39 is 0 Å². The summed E-state index contributed by atoms with van der Waals surface area (Å²) in [5.41, 5.74) is 5.96. The zero-order valence-electron chi connectivity index (χ0n) is 10.3. The van der Waals surface area contributed by atoms with Gasteiger partial charge in [0.1, 0.15) is 0 Å². The number of nitrogens with one attached hydrogen (secondary N) is 1. The van der Waals surface area contributed by atoms with Gasteiger partial charge in [-0.25, -0.2) is 0 Å². The van der Waals surface area contributed by atoms with Gasteiger partial charge in [0.2, 0.25) is 0 Å². The van der Waals surface area contributed by atoms with Crippen molar-refractivity contribution < 1.29 is 4.79 Å². The van der Waals surface area contributed by atoms with Crippen LogP contribution in [0.3, 0.4) is 0 Å². The molecule has 18 heavy (non-hydrogen) atoms. The van der Waals surface area contributed by atoms with Gasteiger partial charge in [0.15, 0.2) is 0 Å². The van der Waals surface area contributed by atoms with E-state index in [9.17, 15) is 9.59 Å². The largest absolute Gasteiger partial charge is 0.350 e. The first-order valence-electron chi connectivity index (χ1n) is 5.74. The molecule has 0 aliphatic heterocycles. The van der Waals surface area contributed by atoms with E-state index in [1.807, 2.05) is 0 Å². The maximum Gasteiger partial charge on any atom is 0.251 e. The molecule has 0 radical (unpaired) electrons. The fourth-order valence-electron chi connectivity index (χ4n) is 1.86. The van der Waals surface area contributed by atoms with E-state index in [2.05, 4.69) is 5.32 Å². The van der Waals surface area contributed by atoms with Gasteiger partial charge in [-0.15, -0.1) is 12.4 Å². The van der Waals surface area contributed by atoms with Crippen LogP contribution in [0.25, 0.3) is 0 Å². The molecule has 1 fully saturated rings. The molecule has 0 aromatic carbocycles. The number of aromatic nitrogens is 1. The Morgan fingerprint density at radius 1 is 1.56 bits per heavy atom. The lowest BCUT2D eigenvalue weighted by atomic mass is 9.78. The monoisotopic (exact) mass is 271 g/mol. The second kappa shape index (κ2) is 5.54. The van der Waals surface area contributed by atoms with E-state index in [-0.39, 0.29) is 29.4 Å². The van der Waals surface area contributed by atoms with Crippen LogP contribution >= 0.6 is 12.4 Å². The molecule has 100 valence electrons. The van der Waals surface area contributed by atoms with Gasteiger partial charge >= 0.3 is 0 Å². The maximum absolute atomic E-state index is 11.8. The number of aryl methyl sites for hydroxylation is 1. The first-order valence-corrected chi connectivity index (χ1v) is 5.74. The van der Waals surface area contributed by atoms with Crippen molar-refractivity contribution in [3.63, 3.8) is 0 Å². The molecular formula is C12H18ClN3O2. The van der Waals surface area contributed by atoms with Crippen molar-refractivity contribution in [1.82, 2.24) is 9.88 Å². The van der Waals surface area contributed by atoms with Gasteiger partial charge < -0.3 is 15.6 Å². The molecule has 0 saturated heterocycles. The number of rotatable bonds is 3. The number of carbonyl (C=O) groups is 1. The lowest BCUT2D eigenvalue weighted by Crippen LogP contribution is -2.55. The lowest BCUT2D eigenvalue weighted by molar-refractivity contribution is 0.0929. The Morgan fingerprint density at radius 3 is 2.72 bits per heavy atom. The molecule has 3 N–H and O–H groups in total. The Bertz CT molecular complexity index is 494. The zero-order valence-corrected chi connectivity index (χ0v) is 11.1. The van der Waals surface area contributed by atoms with E-state index in [1.54, 1.807) is 19.3 Å². The Kier molecular flexibility index (Phi) is 4.53. The third kappa shape index (κ3) is 3.11. The van der Waals surface area contributed by atoms with Crippen molar-refractivity contribution in [1.29, 1.82) is 0 Å². The average Bonchev–Trinajstić information content (AvgIpc) is 2.27. The molecule has 1 heterocycles. The molecule has 0 bridgehead atoms. The van der Waals surface area contributed by atoms with Crippen LogP contribution in [0, 0.1) is 0 Å². The van der Waals surface area contributed by atoms with Gasteiger partial charge in [-0.2, -0.15) is 0 Å². The normalized spacial score (nSPS) is 16.3. The SMILES string of the molecule is Cl.Cn1ccc(C(=O)NCC2(N)CCC2)cc1=O. The lowest BCUT2D eigenvalue weighted by Gasteiger charge is -2.38. The summed E-state index contributed by atoms with van der Waals surface area (Å²) in [6.45, 7) is 0.473. The van der Waals surface area contributed by atoms with Crippen LogP contribution in [-0.4, -0.2) is 22.6 Å². The first-order chi connectivity index (χ1) is 8.00. The Morgan fingerprint density at radius 2 is 2.22 bits per heavy atom. The van der Waals surface area contributed by atoms with Crippen LogP contribution in [0.2, 0.25) is 0 Å². The Labute approximate surface area is 112 Å². The minimum absolute atomic E-state index is 0. The minimum atomic E-state index is -0.241. The third-order valence-electron chi connectivity index (χ3n) is 3.32. The highest BCUT2D eigenvalue weighted by atomic mass is 35.5. The minimum Gasteiger partial charge on any atom is -0.350 e. The number of halogens is 1. The first kappa shape index (κ1) is 14.7. The summed E-state index contributed by atoms with van der Waals surface area (Å²) in [6, 6.07) is 2.96. The molecular weight excluding hydrogens is 254 g/mol. The summed E-state index contributed by atoms with van der Waals surface area (Å²) in [5, 5.41) is 2.78. The number of nitrogens with two attached hydrogens (primary N) is 1. The molecule has 0 atom stereocenters. The van der Waals surface area contributed by atoms with Crippen LogP contribution in [0.4, 0.5) is 0 Å². The van der Waals surface area contributed by atoms with Crippen LogP contribution in [0.5, 0.6) is 0 Å². The molecule has 1 saturated carbocycles. The predicted molar refractivity (Wildman–Crippen MR) is 72.0 cm³/mol. The van der Waals surface area contributed by atoms with Crippen LogP contribution in [-0.2, 0) is 7.05 Å². The molecule has 1 amide bonds. The molecule has 1 aliphatic rings. The quantitative estimate of drug-likeness (QED) is 0.836. The molecule has 0 unspecified atom stereocenters. The van der Waals surface area contributed by atoms with Crippen molar-refractivity contribution in [2.75, 3.05) is 6.54 Å². The Hall–Kier alpha value is -1.33. The van der Waals surface area contributed by atoms with Crippen molar-refractivity contribution in [2.24, 2.45) is 12.8 Å². The van der Waals surface area contributed by atoms with Crippen molar-refractivity contribution in [2.45, 2.75) is 24.8 Å². The number of carbonyl (C=O) groups excluding carboxylic acids is 1. The smallest absolute Gasteiger partial charge is 0.251 e. The summed E-state index contributed by atoms with van der Waals surface area (Å²) in [7, 11) is 1.65. The van der Waals surface area contributed by atoms with Crippen molar-refractivity contribution in [3.8, 4) is 0 Å². The van der Waals surface area contributed by atoms with Gasteiger partial charge in [-0.1, -0.05) is 0 Å². The predicted octanol–water partition coefficient (Wildman–Crippen LogP) is 0.418. The molecule has 1 aliphatic carbocycles. The number of hydrogen-bond acceptors (Lipinski definition) is 3. The number of hydrogen-bond donors (Lipinski definition) is 2. The third-order valence-corrected chi connectivity index (χ3v) is 3.32. The zero-order chi connectivity index (χ0) is 12.5. The van der Waals surface area contributed by atoms with Gasteiger partial charge in [-0.3, -0.25) is 9.59 Å². The van der Waals surface area contributed by atoms with E-state index in [0.29, 0.717) is 12.1 Å².